The highest BCUT2D eigenvalue weighted by molar-refractivity contribution is 9.10. The summed E-state index contributed by atoms with van der Waals surface area (Å²) in [6, 6.07) is 5.51. The Morgan fingerprint density at radius 2 is 2.19 bits per heavy atom. The van der Waals surface area contributed by atoms with Gasteiger partial charge in [0.05, 0.1) is 0 Å². The lowest BCUT2D eigenvalue weighted by atomic mass is 10.1. The first-order chi connectivity index (χ1) is 7.33. The van der Waals surface area contributed by atoms with Crippen molar-refractivity contribution in [2.24, 2.45) is 0 Å². The number of benzene rings is 1. The van der Waals surface area contributed by atoms with Gasteiger partial charge in [-0.05, 0) is 31.5 Å². The average Bonchev–Trinajstić information content (AvgIpc) is 2.16. The van der Waals surface area contributed by atoms with E-state index in [2.05, 4.69) is 21.2 Å². The molecule has 1 rings (SSSR count). The molecule has 0 radical (unpaired) electrons. The molecule has 1 aromatic carbocycles. The molecule has 0 aliphatic rings. The van der Waals surface area contributed by atoms with Crippen LogP contribution in [0, 0.1) is 0 Å². The van der Waals surface area contributed by atoms with Crippen LogP contribution in [0.25, 0.3) is 0 Å². The molecular weight excluding hydrogens is 293 g/mol. The predicted octanol–water partition coefficient (Wildman–Crippen LogP) is 3.06. The van der Waals surface area contributed by atoms with Crippen LogP contribution in [0.15, 0.2) is 22.7 Å². The van der Waals surface area contributed by atoms with Crippen LogP contribution < -0.4 is 5.32 Å². The fourth-order valence-corrected chi connectivity index (χ4v) is 1.80. The van der Waals surface area contributed by atoms with E-state index in [0.717, 1.165) is 10.0 Å². The van der Waals surface area contributed by atoms with E-state index >= 15 is 0 Å². The number of halogens is 2. The van der Waals surface area contributed by atoms with Gasteiger partial charge in [-0.25, -0.2) is 0 Å². The second-order valence-corrected chi connectivity index (χ2v) is 5.34. The van der Waals surface area contributed by atoms with Crippen LogP contribution in [-0.2, 0) is 11.3 Å². The maximum atomic E-state index is 10.9. The van der Waals surface area contributed by atoms with E-state index < -0.39 is 11.5 Å². The summed E-state index contributed by atoms with van der Waals surface area (Å²) in [6.07, 6.45) is 0. The lowest BCUT2D eigenvalue weighted by molar-refractivity contribution is -0.143. The first-order valence-corrected chi connectivity index (χ1v) is 5.92. The van der Waals surface area contributed by atoms with Crippen LogP contribution in [0.4, 0.5) is 0 Å². The minimum absolute atomic E-state index is 0.422. The molecule has 88 valence electrons. The van der Waals surface area contributed by atoms with Crippen LogP contribution >= 0.6 is 27.5 Å². The minimum Gasteiger partial charge on any atom is -0.480 e. The SMILES string of the molecule is CC(C)(NCc1ccc(Br)cc1Cl)C(=O)O. The van der Waals surface area contributed by atoms with Crippen molar-refractivity contribution in [3.63, 3.8) is 0 Å². The van der Waals surface area contributed by atoms with Gasteiger partial charge < -0.3 is 5.11 Å². The Bertz CT molecular complexity index is 407. The van der Waals surface area contributed by atoms with Gasteiger partial charge in [0, 0.05) is 16.0 Å². The molecule has 0 atom stereocenters. The third-order valence-electron chi connectivity index (χ3n) is 2.27. The Morgan fingerprint density at radius 1 is 1.56 bits per heavy atom. The van der Waals surface area contributed by atoms with Gasteiger partial charge in [0.25, 0.3) is 0 Å². The van der Waals surface area contributed by atoms with Gasteiger partial charge >= 0.3 is 5.97 Å². The van der Waals surface area contributed by atoms with Crippen LogP contribution in [0.1, 0.15) is 19.4 Å². The fraction of sp³-hybridized carbons (Fsp3) is 0.364. The standard InChI is InChI=1S/C11H13BrClNO2/c1-11(2,10(15)16)14-6-7-3-4-8(12)5-9(7)13/h3-5,14H,6H2,1-2H3,(H,15,16). The molecule has 0 saturated carbocycles. The van der Waals surface area contributed by atoms with Gasteiger partial charge in [0.15, 0.2) is 0 Å². The lowest BCUT2D eigenvalue weighted by Crippen LogP contribution is -2.46. The van der Waals surface area contributed by atoms with Crippen LogP contribution in [0.3, 0.4) is 0 Å². The number of hydrogen-bond acceptors (Lipinski definition) is 2. The monoisotopic (exact) mass is 305 g/mol. The van der Waals surface area contributed by atoms with E-state index in [1.165, 1.54) is 0 Å². The van der Waals surface area contributed by atoms with E-state index in [1.807, 2.05) is 12.1 Å². The summed E-state index contributed by atoms with van der Waals surface area (Å²) in [4.78, 5) is 10.9. The number of carboxylic acids is 1. The van der Waals surface area contributed by atoms with Crippen molar-refractivity contribution in [3.05, 3.63) is 33.3 Å². The summed E-state index contributed by atoms with van der Waals surface area (Å²) in [7, 11) is 0. The maximum Gasteiger partial charge on any atom is 0.323 e. The normalized spacial score (nSPS) is 11.5. The van der Waals surface area contributed by atoms with E-state index in [0.29, 0.717) is 11.6 Å². The second-order valence-electron chi connectivity index (χ2n) is 4.02. The topological polar surface area (TPSA) is 49.3 Å². The molecule has 0 fully saturated rings. The van der Waals surface area contributed by atoms with Gasteiger partial charge in [-0.15, -0.1) is 0 Å². The first-order valence-electron chi connectivity index (χ1n) is 4.75. The Kier molecular flexibility index (Phi) is 4.35. The summed E-state index contributed by atoms with van der Waals surface area (Å²) in [5.74, 6) is -0.888. The Morgan fingerprint density at radius 3 is 2.69 bits per heavy atom. The summed E-state index contributed by atoms with van der Waals surface area (Å²) < 4.78 is 0.902. The highest BCUT2D eigenvalue weighted by Crippen LogP contribution is 2.21. The summed E-state index contributed by atoms with van der Waals surface area (Å²) in [6.45, 7) is 3.65. The second kappa shape index (κ2) is 5.17. The highest BCUT2D eigenvalue weighted by atomic mass is 79.9. The zero-order valence-electron chi connectivity index (χ0n) is 9.05. The van der Waals surface area contributed by atoms with Crippen molar-refractivity contribution >= 4 is 33.5 Å². The van der Waals surface area contributed by atoms with E-state index in [4.69, 9.17) is 16.7 Å². The third-order valence-corrected chi connectivity index (χ3v) is 3.12. The number of rotatable bonds is 4. The third kappa shape index (κ3) is 3.47. The van der Waals surface area contributed by atoms with Crippen LogP contribution in [0.5, 0.6) is 0 Å². The van der Waals surface area contributed by atoms with Crippen molar-refractivity contribution in [2.45, 2.75) is 25.9 Å². The molecule has 0 unspecified atom stereocenters. The summed E-state index contributed by atoms with van der Waals surface area (Å²) in [5.41, 5.74) is -0.0877. The molecule has 0 spiro atoms. The van der Waals surface area contributed by atoms with Gasteiger partial charge in [0.1, 0.15) is 5.54 Å². The molecule has 1 aromatic rings. The Labute approximate surface area is 108 Å². The Hall–Kier alpha value is -0.580. The largest absolute Gasteiger partial charge is 0.480 e. The van der Waals surface area contributed by atoms with Crippen molar-refractivity contribution in [2.75, 3.05) is 0 Å². The zero-order valence-corrected chi connectivity index (χ0v) is 11.4. The molecule has 0 aromatic heterocycles. The van der Waals surface area contributed by atoms with Gasteiger partial charge in [-0.2, -0.15) is 0 Å². The minimum atomic E-state index is -0.962. The van der Waals surface area contributed by atoms with E-state index in [-0.39, 0.29) is 0 Å². The molecule has 0 aliphatic carbocycles. The van der Waals surface area contributed by atoms with Crippen LogP contribution in [-0.4, -0.2) is 16.6 Å². The predicted molar refractivity (Wildman–Crippen MR) is 67.7 cm³/mol. The molecule has 0 aliphatic heterocycles. The van der Waals surface area contributed by atoms with E-state index in [1.54, 1.807) is 19.9 Å². The van der Waals surface area contributed by atoms with Crippen molar-refractivity contribution in [1.29, 1.82) is 0 Å². The molecule has 16 heavy (non-hydrogen) atoms. The number of hydrogen-bond donors (Lipinski definition) is 2. The number of nitrogens with one attached hydrogen (secondary N) is 1. The molecule has 2 N–H and O–H groups in total. The smallest absolute Gasteiger partial charge is 0.323 e. The number of carboxylic acid groups (broad SMARTS) is 1. The average molecular weight is 307 g/mol. The fourth-order valence-electron chi connectivity index (χ4n) is 1.06. The van der Waals surface area contributed by atoms with Crippen LogP contribution in [0.2, 0.25) is 5.02 Å². The Balaban J connectivity index is 2.72. The molecule has 3 nitrogen and oxygen atoms in total. The van der Waals surface area contributed by atoms with Crippen molar-refractivity contribution in [3.8, 4) is 0 Å². The quantitative estimate of drug-likeness (QED) is 0.899. The molecule has 0 heterocycles. The molecule has 0 bridgehead atoms. The van der Waals surface area contributed by atoms with Crippen molar-refractivity contribution < 1.29 is 9.90 Å². The van der Waals surface area contributed by atoms with Gasteiger partial charge in [-0.1, -0.05) is 33.6 Å². The lowest BCUT2D eigenvalue weighted by Gasteiger charge is -2.21. The first kappa shape index (κ1) is 13.5. The highest BCUT2D eigenvalue weighted by Gasteiger charge is 2.26. The molecule has 0 saturated heterocycles. The van der Waals surface area contributed by atoms with Gasteiger partial charge in [0.2, 0.25) is 0 Å². The number of carbonyl (C=O) groups is 1. The van der Waals surface area contributed by atoms with Gasteiger partial charge in [-0.3, -0.25) is 10.1 Å². The maximum absolute atomic E-state index is 10.9. The zero-order chi connectivity index (χ0) is 12.3. The molecule has 5 heteroatoms. The molecule has 0 amide bonds. The van der Waals surface area contributed by atoms with E-state index in [9.17, 15) is 4.79 Å². The van der Waals surface area contributed by atoms with Crippen molar-refractivity contribution in [1.82, 2.24) is 5.32 Å². The molecular formula is C11H13BrClNO2. The number of aliphatic carboxylic acids is 1. The summed E-state index contributed by atoms with van der Waals surface area (Å²) in [5, 5.41) is 12.5. The summed E-state index contributed by atoms with van der Waals surface area (Å²) >= 11 is 9.33.